The maximum atomic E-state index is 12.5. The van der Waals surface area contributed by atoms with Crippen molar-refractivity contribution in [3.63, 3.8) is 0 Å². The van der Waals surface area contributed by atoms with Gasteiger partial charge < -0.3 is 4.74 Å². The Labute approximate surface area is 137 Å². The topological polar surface area (TPSA) is 43.4 Å². The summed E-state index contributed by atoms with van der Waals surface area (Å²) in [7, 11) is 1.57. The van der Waals surface area contributed by atoms with Gasteiger partial charge in [-0.2, -0.15) is 0 Å². The minimum Gasteiger partial charge on any atom is -0.497 e. The lowest BCUT2D eigenvalue weighted by Gasteiger charge is -2.10. The van der Waals surface area contributed by atoms with Crippen LogP contribution >= 0.6 is 0 Å². The first kappa shape index (κ1) is 16.9. The van der Waals surface area contributed by atoms with E-state index in [9.17, 15) is 9.59 Å². The van der Waals surface area contributed by atoms with Crippen molar-refractivity contribution in [1.82, 2.24) is 0 Å². The Hall–Kier alpha value is -2.42. The maximum absolute atomic E-state index is 12.5. The van der Waals surface area contributed by atoms with Gasteiger partial charge in [0, 0.05) is 11.1 Å². The van der Waals surface area contributed by atoms with E-state index in [0.717, 1.165) is 11.1 Å². The Morgan fingerprint density at radius 2 is 1.65 bits per heavy atom. The van der Waals surface area contributed by atoms with Crippen molar-refractivity contribution in [2.45, 2.75) is 33.1 Å². The Morgan fingerprint density at radius 1 is 1.00 bits per heavy atom. The lowest BCUT2D eigenvalue weighted by molar-refractivity contribution is 0.0894. The van der Waals surface area contributed by atoms with Crippen LogP contribution in [0, 0.1) is 6.92 Å². The average Bonchev–Trinajstić information content (AvgIpc) is 2.54. The largest absolute Gasteiger partial charge is 0.497 e. The second kappa shape index (κ2) is 7.23. The number of aryl methyl sites for hydroxylation is 1. The summed E-state index contributed by atoms with van der Waals surface area (Å²) >= 11 is 0. The van der Waals surface area contributed by atoms with Crippen molar-refractivity contribution in [2.75, 3.05) is 7.11 Å². The van der Waals surface area contributed by atoms with Gasteiger partial charge in [0.1, 0.15) is 5.75 Å². The number of methoxy groups -OCH3 is 1. The molecular formula is C20H22O3. The van der Waals surface area contributed by atoms with Gasteiger partial charge in [-0.1, -0.05) is 26.0 Å². The van der Waals surface area contributed by atoms with E-state index in [4.69, 9.17) is 4.74 Å². The van der Waals surface area contributed by atoms with Gasteiger partial charge in [-0.25, -0.2) is 0 Å². The molecule has 23 heavy (non-hydrogen) atoms. The molecule has 0 heterocycles. The molecule has 0 saturated carbocycles. The summed E-state index contributed by atoms with van der Waals surface area (Å²) in [5.41, 5.74) is 3.17. The molecule has 0 spiro atoms. The smallest absolute Gasteiger partial charge is 0.170 e. The molecule has 0 aliphatic rings. The van der Waals surface area contributed by atoms with E-state index in [2.05, 4.69) is 13.8 Å². The third-order valence-electron chi connectivity index (χ3n) is 3.96. The van der Waals surface area contributed by atoms with Gasteiger partial charge in [0.05, 0.1) is 13.5 Å². The molecule has 0 aromatic heterocycles. The third kappa shape index (κ3) is 4.07. The predicted octanol–water partition coefficient (Wildman–Crippen LogP) is 4.58. The molecule has 0 fully saturated rings. The number of carbonyl (C=O) groups excluding carboxylic acids is 2. The first-order chi connectivity index (χ1) is 10.9. The zero-order chi connectivity index (χ0) is 17.0. The van der Waals surface area contributed by atoms with Crippen molar-refractivity contribution in [3.05, 3.63) is 64.7 Å². The van der Waals surface area contributed by atoms with Crippen LogP contribution in [0.1, 0.15) is 58.0 Å². The first-order valence-corrected chi connectivity index (χ1v) is 7.73. The van der Waals surface area contributed by atoms with Crippen LogP contribution < -0.4 is 4.74 Å². The molecule has 0 radical (unpaired) electrons. The molecule has 0 aliphatic heterocycles. The predicted molar refractivity (Wildman–Crippen MR) is 91.5 cm³/mol. The van der Waals surface area contributed by atoms with E-state index < -0.39 is 0 Å². The van der Waals surface area contributed by atoms with E-state index in [1.54, 1.807) is 31.4 Å². The van der Waals surface area contributed by atoms with Crippen LogP contribution in [0.15, 0.2) is 42.5 Å². The van der Waals surface area contributed by atoms with Crippen LogP contribution in [0.2, 0.25) is 0 Å². The molecule has 0 N–H and O–H groups in total. The summed E-state index contributed by atoms with van der Waals surface area (Å²) in [4.78, 5) is 24.8. The molecule has 0 atom stereocenters. The summed E-state index contributed by atoms with van der Waals surface area (Å²) in [6, 6.07) is 12.7. The molecule has 0 amide bonds. The molecule has 3 heteroatoms. The summed E-state index contributed by atoms with van der Waals surface area (Å²) < 4.78 is 5.07. The van der Waals surface area contributed by atoms with Crippen molar-refractivity contribution in [2.24, 2.45) is 0 Å². The number of ether oxygens (including phenoxy) is 1. The van der Waals surface area contributed by atoms with Crippen LogP contribution in [-0.2, 0) is 0 Å². The normalized spacial score (nSPS) is 10.7. The highest BCUT2D eigenvalue weighted by atomic mass is 16.5. The minimum atomic E-state index is -0.174. The van der Waals surface area contributed by atoms with Crippen molar-refractivity contribution in [3.8, 4) is 5.75 Å². The maximum Gasteiger partial charge on any atom is 0.170 e. The number of hydrogen-bond donors (Lipinski definition) is 0. The van der Waals surface area contributed by atoms with Crippen LogP contribution in [0.25, 0.3) is 0 Å². The highest BCUT2D eigenvalue weighted by Crippen LogP contribution is 2.21. The van der Waals surface area contributed by atoms with Gasteiger partial charge in [-0.3, -0.25) is 9.59 Å². The fraction of sp³-hybridized carbons (Fsp3) is 0.300. The minimum absolute atomic E-state index is 0.116. The first-order valence-electron chi connectivity index (χ1n) is 7.73. The number of rotatable bonds is 6. The van der Waals surface area contributed by atoms with E-state index in [1.165, 1.54) is 0 Å². The van der Waals surface area contributed by atoms with E-state index in [1.807, 2.05) is 25.1 Å². The Bertz CT molecular complexity index is 712. The van der Waals surface area contributed by atoms with Crippen LogP contribution in [0.4, 0.5) is 0 Å². The van der Waals surface area contributed by atoms with Gasteiger partial charge in [0.25, 0.3) is 0 Å². The second-order valence-electron chi connectivity index (χ2n) is 5.98. The van der Waals surface area contributed by atoms with Gasteiger partial charge in [-0.05, 0) is 54.3 Å². The van der Waals surface area contributed by atoms with Gasteiger partial charge in [0.2, 0.25) is 0 Å². The van der Waals surface area contributed by atoms with Crippen LogP contribution in [-0.4, -0.2) is 18.7 Å². The number of benzene rings is 2. The summed E-state index contributed by atoms with van der Waals surface area (Å²) in [5, 5.41) is 0. The highest BCUT2D eigenvalue weighted by molar-refractivity contribution is 6.14. The van der Waals surface area contributed by atoms with E-state index in [-0.39, 0.29) is 18.0 Å². The standard InChI is InChI=1S/C20H22O3/c1-13(2)16-6-5-14(3)18(11-16)20(22)12-19(21)15-7-9-17(23-4)10-8-15/h5-11,13H,12H2,1-4H3. The molecule has 2 rings (SSSR count). The summed E-state index contributed by atoms with van der Waals surface area (Å²) in [6.07, 6.45) is -0.116. The molecule has 2 aromatic carbocycles. The van der Waals surface area contributed by atoms with Crippen LogP contribution in [0.5, 0.6) is 5.75 Å². The Balaban J connectivity index is 2.17. The van der Waals surface area contributed by atoms with Crippen molar-refractivity contribution in [1.29, 1.82) is 0 Å². The van der Waals surface area contributed by atoms with Gasteiger partial charge in [0.15, 0.2) is 11.6 Å². The Morgan fingerprint density at radius 3 is 2.22 bits per heavy atom. The number of Topliss-reactive ketones (excluding diaryl/α,β-unsaturated/α-hetero) is 2. The van der Waals surface area contributed by atoms with Crippen molar-refractivity contribution < 1.29 is 14.3 Å². The average molecular weight is 310 g/mol. The molecule has 0 unspecified atom stereocenters. The van der Waals surface area contributed by atoms with Crippen molar-refractivity contribution >= 4 is 11.6 Å². The zero-order valence-corrected chi connectivity index (χ0v) is 14.1. The van der Waals surface area contributed by atoms with Gasteiger partial charge in [-0.15, -0.1) is 0 Å². The monoisotopic (exact) mass is 310 g/mol. The highest BCUT2D eigenvalue weighted by Gasteiger charge is 2.16. The number of hydrogen-bond acceptors (Lipinski definition) is 3. The molecule has 120 valence electrons. The number of ketones is 2. The van der Waals surface area contributed by atoms with E-state index in [0.29, 0.717) is 22.8 Å². The molecule has 0 bridgehead atoms. The number of carbonyl (C=O) groups is 2. The summed E-state index contributed by atoms with van der Waals surface area (Å²) in [6.45, 7) is 6.07. The summed E-state index contributed by atoms with van der Waals surface area (Å²) in [5.74, 6) is 0.727. The lowest BCUT2D eigenvalue weighted by Crippen LogP contribution is -2.10. The lowest BCUT2D eigenvalue weighted by atomic mass is 9.93. The molecule has 0 saturated heterocycles. The second-order valence-corrected chi connectivity index (χ2v) is 5.98. The zero-order valence-electron chi connectivity index (χ0n) is 14.1. The Kier molecular flexibility index (Phi) is 5.32. The molecule has 0 aliphatic carbocycles. The fourth-order valence-corrected chi connectivity index (χ4v) is 2.42. The van der Waals surface area contributed by atoms with Gasteiger partial charge >= 0.3 is 0 Å². The third-order valence-corrected chi connectivity index (χ3v) is 3.96. The SMILES string of the molecule is COc1ccc(C(=O)CC(=O)c2cc(C(C)C)ccc2C)cc1. The molecule has 3 nitrogen and oxygen atoms in total. The van der Waals surface area contributed by atoms with Crippen LogP contribution in [0.3, 0.4) is 0 Å². The molecular weight excluding hydrogens is 288 g/mol. The van der Waals surface area contributed by atoms with E-state index >= 15 is 0 Å². The molecule has 2 aromatic rings. The quantitative estimate of drug-likeness (QED) is 0.579. The fourth-order valence-electron chi connectivity index (χ4n) is 2.42.